The Bertz CT molecular complexity index is 741. The number of rotatable bonds is 4. The lowest BCUT2D eigenvalue weighted by atomic mass is 10.0. The minimum Gasteiger partial charge on any atom is -0.372 e. The molecule has 27 heavy (non-hydrogen) atoms. The van der Waals surface area contributed by atoms with Crippen molar-refractivity contribution in [3.63, 3.8) is 0 Å². The standard InChI is InChI=1S/C21H33N3O2S/c1-22(19-12-15-23(16-13-19)27(2,25)26)18-8-6-17(7-9-18)21-11-10-20-5-3-4-14-24(20)21/h6-9,19-21H,3-5,10-16H2,1-2H3. The molecule has 2 unspecified atom stereocenters. The van der Waals surface area contributed by atoms with Gasteiger partial charge in [-0.1, -0.05) is 18.6 Å². The van der Waals surface area contributed by atoms with E-state index in [0.29, 0.717) is 25.2 Å². The third kappa shape index (κ3) is 4.03. The molecule has 0 aromatic heterocycles. The molecule has 3 heterocycles. The lowest BCUT2D eigenvalue weighted by molar-refractivity contribution is 0.150. The number of hydrogen-bond donors (Lipinski definition) is 0. The van der Waals surface area contributed by atoms with Crippen molar-refractivity contribution in [2.45, 2.75) is 63.1 Å². The largest absolute Gasteiger partial charge is 0.372 e. The normalized spacial score (nSPS) is 28.2. The number of sulfonamides is 1. The number of hydrogen-bond acceptors (Lipinski definition) is 4. The van der Waals surface area contributed by atoms with Crippen molar-refractivity contribution in [3.05, 3.63) is 29.8 Å². The summed E-state index contributed by atoms with van der Waals surface area (Å²) in [6, 6.07) is 11.0. The van der Waals surface area contributed by atoms with Crippen LogP contribution < -0.4 is 4.90 Å². The summed E-state index contributed by atoms with van der Waals surface area (Å²) in [5, 5.41) is 0. The van der Waals surface area contributed by atoms with E-state index in [4.69, 9.17) is 0 Å². The summed E-state index contributed by atoms with van der Waals surface area (Å²) in [7, 11) is -0.910. The third-order valence-corrected chi connectivity index (χ3v) is 8.27. The number of benzene rings is 1. The molecule has 3 saturated heterocycles. The molecule has 0 saturated carbocycles. The van der Waals surface area contributed by atoms with Gasteiger partial charge < -0.3 is 4.90 Å². The highest BCUT2D eigenvalue weighted by molar-refractivity contribution is 7.88. The summed E-state index contributed by atoms with van der Waals surface area (Å²) in [5.41, 5.74) is 2.70. The van der Waals surface area contributed by atoms with Gasteiger partial charge in [-0.3, -0.25) is 4.90 Å². The Morgan fingerprint density at radius 1 is 0.926 bits per heavy atom. The molecule has 0 amide bonds. The van der Waals surface area contributed by atoms with Crippen molar-refractivity contribution in [3.8, 4) is 0 Å². The van der Waals surface area contributed by atoms with E-state index in [-0.39, 0.29) is 0 Å². The number of fused-ring (bicyclic) bond motifs is 1. The maximum absolute atomic E-state index is 11.7. The van der Waals surface area contributed by atoms with E-state index in [2.05, 4.69) is 41.1 Å². The molecule has 0 spiro atoms. The van der Waals surface area contributed by atoms with E-state index in [1.807, 2.05) is 0 Å². The fourth-order valence-electron chi connectivity index (χ4n) is 5.32. The van der Waals surface area contributed by atoms with Crippen LogP contribution in [0.5, 0.6) is 0 Å². The molecular formula is C21H33N3O2S. The van der Waals surface area contributed by atoms with Crippen molar-refractivity contribution in [1.82, 2.24) is 9.21 Å². The zero-order valence-electron chi connectivity index (χ0n) is 16.7. The molecule has 0 radical (unpaired) electrons. The van der Waals surface area contributed by atoms with Gasteiger partial charge in [0.25, 0.3) is 0 Å². The zero-order chi connectivity index (χ0) is 19.0. The molecule has 3 fully saturated rings. The fraction of sp³-hybridized carbons (Fsp3) is 0.714. The average Bonchev–Trinajstić information content (AvgIpc) is 3.11. The summed E-state index contributed by atoms with van der Waals surface area (Å²) in [6.45, 7) is 2.52. The van der Waals surface area contributed by atoms with Gasteiger partial charge in [-0.25, -0.2) is 12.7 Å². The Labute approximate surface area is 164 Å². The van der Waals surface area contributed by atoms with Crippen LogP contribution in [0, 0.1) is 0 Å². The average molecular weight is 392 g/mol. The van der Waals surface area contributed by atoms with Gasteiger partial charge in [-0.2, -0.15) is 0 Å². The van der Waals surface area contributed by atoms with Crippen molar-refractivity contribution in [2.24, 2.45) is 0 Å². The second-order valence-corrected chi connectivity index (χ2v) is 10.6. The number of piperidine rings is 2. The molecule has 150 valence electrons. The van der Waals surface area contributed by atoms with Crippen LogP contribution >= 0.6 is 0 Å². The molecule has 3 aliphatic rings. The third-order valence-electron chi connectivity index (χ3n) is 6.97. The van der Waals surface area contributed by atoms with E-state index in [1.165, 1.54) is 56.2 Å². The van der Waals surface area contributed by atoms with Gasteiger partial charge in [0.15, 0.2) is 0 Å². The van der Waals surface area contributed by atoms with E-state index in [9.17, 15) is 8.42 Å². The first-order chi connectivity index (χ1) is 12.9. The highest BCUT2D eigenvalue weighted by Gasteiger charge is 2.35. The molecular weight excluding hydrogens is 358 g/mol. The molecule has 6 heteroatoms. The second-order valence-electron chi connectivity index (χ2n) is 8.58. The fourth-order valence-corrected chi connectivity index (χ4v) is 6.20. The zero-order valence-corrected chi connectivity index (χ0v) is 17.5. The lowest BCUT2D eigenvalue weighted by Crippen LogP contribution is -2.45. The van der Waals surface area contributed by atoms with Crippen LogP contribution in [-0.4, -0.2) is 62.6 Å². The smallest absolute Gasteiger partial charge is 0.211 e. The maximum atomic E-state index is 11.7. The Kier molecular flexibility index (Phi) is 5.50. The van der Waals surface area contributed by atoms with Gasteiger partial charge in [0.05, 0.1) is 6.26 Å². The second kappa shape index (κ2) is 7.72. The van der Waals surface area contributed by atoms with Crippen LogP contribution in [-0.2, 0) is 10.0 Å². The van der Waals surface area contributed by atoms with Crippen molar-refractivity contribution in [2.75, 3.05) is 37.8 Å². The minimum absolute atomic E-state index is 0.409. The van der Waals surface area contributed by atoms with Crippen molar-refractivity contribution >= 4 is 15.7 Å². The lowest BCUT2D eigenvalue weighted by Gasteiger charge is -2.37. The highest BCUT2D eigenvalue weighted by atomic mass is 32.2. The predicted molar refractivity (Wildman–Crippen MR) is 111 cm³/mol. The summed E-state index contributed by atoms with van der Waals surface area (Å²) >= 11 is 0. The quantitative estimate of drug-likeness (QED) is 0.790. The first-order valence-corrected chi connectivity index (χ1v) is 12.3. The molecule has 1 aromatic rings. The summed E-state index contributed by atoms with van der Waals surface area (Å²) in [5.74, 6) is 0. The molecule has 0 bridgehead atoms. The highest BCUT2D eigenvalue weighted by Crippen LogP contribution is 2.40. The first-order valence-electron chi connectivity index (χ1n) is 10.5. The van der Waals surface area contributed by atoms with Gasteiger partial charge in [0, 0.05) is 44.0 Å². The summed E-state index contributed by atoms with van der Waals surface area (Å²) < 4.78 is 25.0. The van der Waals surface area contributed by atoms with E-state index in [0.717, 1.165) is 18.9 Å². The van der Waals surface area contributed by atoms with Crippen LogP contribution in [0.2, 0.25) is 0 Å². The van der Waals surface area contributed by atoms with Crippen LogP contribution in [0.1, 0.15) is 56.6 Å². The molecule has 2 atom stereocenters. The molecule has 5 nitrogen and oxygen atoms in total. The SMILES string of the molecule is CN(c1ccc(C2CCC3CCCCN32)cc1)C1CCN(S(C)(=O)=O)CC1. The van der Waals surface area contributed by atoms with Gasteiger partial charge in [0.1, 0.15) is 0 Å². The van der Waals surface area contributed by atoms with Gasteiger partial charge in [0.2, 0.25) is 10.0 Å². The van der Waals surface area contributed by atoms with Crippen LogP contribution in [0.15, 0.2) is 24.3 Å². The van der Waals surface area contributed by atoms with Gasteiger partial charge in [-0.15, -0.1) is 0 Å². The Hall–Kier alpha value is -1.11. The summed E-state index contributed by atoms with van der Waals surface area (Å²) in [6.07, 6.45) is 9.87. The molecule has 0 N–H and O–H groups in total. The van der Waals surface area contributed by atoms with Crippen molar-refractivity contribution < 1.29 is 8.42 Å². The molecule has 0 aliphatic carbocycles. The molecule has 1 aromatic carbocycles. The number of nitrogens with zero attached hydrogens (tertiary/aromatic N) is 3. The summed E-state index contributed by atoms with van der Waals surface area (Å²) in [4.78, 5) is 5.07. The Balaban J connectivity index is 1.39. The topological polar surface area (TPSA) is 43.9 Å². The monoisotopic (exact) mass is 391 g/mol. The Morgan fingerprint density at radius 3 is 2.30 bits per heavy atom. The van der Waals surface area contributed by atoms with E-state index < -0.39 is 10.0 Å². The molecule has 4 rings (SSSR count). The first kappa shape index (κ1) is 19.2. The minimum atomic E-state index is -3.05. The van der Waals surface area contributed by atoms with E-state index in [1.54, 1.807) is 4.31 Å². The van der Waals surface area contributed by atoms with E-state index >= 15 is 0 Å². The molecule has 3 aliphatic heterocycles. The van der Waals surface area contributed by atoms with Gasteiger partial charge >= 0.3 is 0 Å². The van der Waals surface area contributed by atoms with Crippen LogP contribution in [0.3, 0.4) is 0 Å². The van der Waals surface area contributed by atoms with Crippen LogP contribution in [0.25, 0.3) is 0 Å². The Morgan fingerprint density at radius 2 is 1.63 bits per heavy atom. The van der Waals surface area contributed by atoms with Crippen molar-refractivity contribution in [1.29, 1.82) is 0 Å². The maximum Gasteiger partial charge on any atom is 0.211 e. The van der Waals surface area contributed by atoms with Crippen LogP contribution in [0.4, 0.5) is 5.69 Å². The van der Waals surface area contributed by atoms with Gasteiger partial charge in [-0.05, 0) is 62.8 Å². The predicted octanol–water partition coefficient (Wildman–Crippen LogP) is 3.24. The number of anilines is 1.